The third kappa shape index (κ3) is 1.95. The van der Waals surface area contributed by atoms with Gasteiger partial charge < -0.3 is 10.2 Å². The van der Waals surface area contributed by atoms with E-state index in [9.17, 15) is 4.79 Å². The van der Waals surface area contributed by atoms with Crippen LogP contribution in [-0.4, -0.2) is 32.8 Å². The van der Waals surface area contributed by atoms with Crippen molar-refractivity contribution in [2.45, 2.75) is 13.1 Å². The summed E-state index contributed by atoms with van der Waals surface area (Å²) in [7, 11) is 0. The van der Waals surface area contributed by atoms with Crippen molar-refractivity contribution in [3.8, 4) is 0 Å². The number of hydrogen-bond acceptors (Lipinski definition) is 3. The van der Waals surface area contributed by atoms with Crippen LogP contribution in [0, 0.1) is 0 Å². The van der Waals surface area contributed by atoms with E-state index < -0.39 is 5.56 Å². The van der Waals surface area contributed by atoms with E-state index in [1.807, 2.05) is 0 Å². The van der Waals surface area contributed by atoms with Gasteiger partial charge in [-0.2, -0.15) is 0 Å². The highest BCUT2D eigenvalue weighted by Gasteiger charge is 2.15. The first-order valence-electron chi connectivity index (χ1n) is 3.99. The molecule has 0 aliphatic carbocycles. The maximum Gasteiger partial charge on any atom is 0.287 e. The van der Waals surface area contributed by atoms with Crippen molar-refractivity contribution < 1.29 is 10.2 Å². The van der Waals surface area contributed by atoms with Crippen molar-refractivity contribution in [2.24, 2.45) is 0 Å². The average Bonchev–Trinajstić information content (AvgIpc) is 2.36. The molecule has 0 unspecified atom stereocenters. The predicted molar refractivity (Wildman–Crippen MR) is 52.9 cm³/mol. The Labute approximate surface area is 90.1 Å². The van der Waals surface area contributed by atoms with Gasteiger partial charge in [0.2, 0.25) is 0 Å². The lowest BCUT2D eigenvalue weighted by Gasteiger charge is -2.09. The van der Waals surface area contributed by atoms with E-state index in [0.29, 0.717) is 0 Å². The first kappa shape index (κ1) is 11.6. The summed E-state index contributed by atoms with van der Waals surface area (Å²) in [5.41, 5.74) is -0.459. The van der Waals surface area contributed by atoms with E-state index >= 15 is 0 Å². The van der Waals surface area contributed by atoms with Crippen molar-refractivity contribution in [1.82, 2.24) is 9.36 Å². The smallest absolute Gasteiger partial charge is 0.287 e. The van der Waals surface area contributed by atoms with E-state index in [-0.39, 0.29) is 36.5 Å². The molecule has 0 aliphatic heterocycles. The second-order valence-corrected chi connectivity index (χ2v) is 3.34. The highest BCUT2D eigenvalue weighted by molar-refractivity contribution is 6.41. The maximum atomic E-state index is 11.4. The fourth-order valence-electron chi connectivity index (χ4n) is 1.16. The second kappa shape index (κ2) is 4.84. The first-order valence-corrected chi connectivity index (χ1v) is 4.75. The van der Waals surface area contributed by atoms with Gasteiger partial charge in [0.15, 0.2) is 0 Å². The van der Waals surface area contributed by atoms with E-state index in [2.05, 4.69) is 0 Å². The zero-order valence-corrected chi connectivity index (χ0v) is 8.79. The van der Waals surface area contributed by atoms with Crippen LogP contribution in [0.15, 0.2) is 4.79 Å². The molecule has 0 spiro atoms. The van der Waals surface area contributed by atoms with E-state index in [1.165, 1.54) is 9.36 Å². The lowest BCUT2D eigenvalue weighted by atomic mass is 10.6. The number of nitrogens with zero attached hydrogens (tertiary/aromatic N) is 2. The van der Waals surface area contributed by atoms with Gasteiger partial charge in [0.1, 0.15) is 10.2 Å². The van der Waals surface area contributed by atoms with Gasteiger partial charge in [-0.25, -0.2) is 4.68 Å². The molecule has 0 bridgehead atoms. The van der Waals surface area contributed by atoms with Crippen molar-refractivity contribution >= 4 is 23.2 Å². The van der Waals surface area contributed by atoms with Gasteiger partial charge in [0, 0.05) is 0 Å². The summed E-state index contributed by atoms with van der Waals surface area (Å²) in [5.74, 6) is 0. The van der Waals surface area contributed by atoms with Crippen LogP contribution in [0.25, 0.3) is 0 Å². The van der Waals surface area contributed by atoms with Crippen LogP contribution < -0.4 is 5.56 Å². The highest BCUT2D eigenvalue weighted by atomic mass is 35.5. The molecule has 0 atom stereocenters. The van der Waals surface area contributed by atoms with Crippen molar-refractivity contribution in [3.63, 3.8) is 0 Å². The van der Waals surface area contributed by atoms with E-state index in [1.54, 1.807) is 0 Å². The Morgan fingerprint density at radius 3 is 2.07 bits per heavy atom. The molecule has 1 aromatic heterocycles. The minimum Gasteiger partial charge on any atom is -0.394 e. The molecule has 0 radical (unpaired) electrons. The van der Waals surface area contributed by atoms with Crippen LogP contribution in [0.1, 0.15) is 0 Å². The number of aliphatic hydroxyl groups excluding tert-OH is 2. The Kier molecular flexibility index (Phi) is 4.00. The van der Waals surface area contributed by atoms with Gasteiger partial charge in [0.25, 0.3) is 5.56 Å². The predicted octanol–water partition coefficient (Wildman–Crippen LogP) is -0.0588. The molecular weight excluding hydrogens is 231 g/mol. The molecule has 0 aromatic carbocycles. The Morgan fingerprint density at radius 1 is 1.07 bits per heavy atom. The first-order chi connectivity index (χ1) is 6.63. The van der Waals surface area contributed by atoms with Gasteiger partial charge in [-0.15, -0.1) is 0 Å². The molecule has 14 heavy (non-hydrogen) atoms. The fourth-order valence-corrected chi connectivity index (χ4v) is 1.61. The highest BCUT2D eigenvalue weighted by Crippen LogP contribution is 2.18. The van der Waals surface area contributed by atoms with Gasteiger partial charge in [-0.05, 0) is 0 Å². The van der Waals surface area contributed by atoms with Crippen LogP contribution in [0.3, 0.4) is 0 Å². The van der Waals surface area contributed by atoms with Crippen molar-refractivity contribution in [2.75, 3.05) is 13.2 Å². The molecule has 0 fully saturated rings. The number of hydrogen-bond donors (Lipinski definition) is 2. The van der Waals surface area contributed by atoms with Crippen LogP contribution in [0.5, 0.6) is 0 Å². The lowest BCUT2D eigenvalue weighted by Crippen LogP contribution is -2.25. The summed E-state index contributed by atoms with van der Waals surface area (Å²) < 4.78 is 2.53. The van der Waals surface area contributed by atoms with Crippen LogP contribution in [0.2, 0.25) is 10.2 Å². The molecule has 1 rings (SSSR count). The summed E-state index contributed by atoms with van der Waals surface area (Å²) in [5, 5.41) is 17.4. The van der Waals surface area contributed by atoms with E-state index in [4.69, 9.17) is 33.4 Å². The Morgan fingerprint density at radius 2 is 1.57 bits per heavy atom. The van der Waals surface area contributed by atoms with Crippen LogP contribution >= 0.6 is 23.2 Å². The quantitative estimate of drug-likeness (QED) is 0.776. The average molecular weight is 241 g/mol. The molecule has 80 valence electrons. The molecule has 1 heterocycles. The topological polar surface area (TPSA) is 67.4 Å². The number of aliphatic hydroxyl groups is 2. The monoisotopic (exact) mass is 240 g/mol. The molecule has 2 N–H and O–H groups in total. The van der Waals surface area contributed by atoms with Crippen LogP contribution in [0.4, 0.5) is 0 Å². The van der Waals surface area contributed by atoms with Gasteiger partial charge >= 0.3 is 0 Å². The summed E-state index contributed by atoms with van der Waals surface area (Å²) in [6.07, 6.45) is 0. The summed E-state index contributed by atoms with van der Waals surface area (Å²) in [6.45, 7) is -0.0797. The largest absolute Gasteiger partial charge is 0.394 e. The summed E-state index contributed by atoms with van der Waals surface area (Å²) in [4.78, 5) is 11.4. The van der Waals surface area contributed by atoms with Crippen LogP contribution in [-0.2, 0) is 13.1 Å². The number of halogens is 2. The summed E-state index contributed by atoms with van der Waals surface area (Å²) >= 11 is 11.4. The molecule has 0 amide bonds. The fraction of sp³-hybridized carbons (Fsp3) is 0.571. The molecule has 0 aliphatic rings. The third-order valence-corrected chi connectivity index (χ3v) is 2.57. The summed E-state index contributed by atoms with van der Waals surface area (Å²) in [6, 6.07) is 0. The lowest BCUT2D eigenvalue weighted by molar-refractivity contribution is 0.229. The normalized spacial score (nSPS) is 10.9. The molecule has 0 saturated carbocycles. The van der Waals surface area contributed by atoms with Crippen molar-refractivity contribution in [3.05, 3.63) is 20.5 Å². The Bertz CT molecular complexity index is 372. The number of aromatic nitrogens is 2. The Balaban J connectivity index is 3.22. The van der Waals surface area contributed by atoms with Gasteiger partial charge in [0.05, 0.1) is 26.3 Å². The SMILES string of the molecule is O=c1c(Cl)c(Cl)n(CCO)n1CCO. The molecule has 0 saturated heterocycles. The molecule has 5 nitrogen and oxygen atoms in total. The minimum atomic E-state index is -0.459. The zero-order chi connectivity index (χ0) is 10.7. The molecule has 7 heteroatoms. The number of rotatable bonds is 4. The van der Waals surface area contributed by atoms with Crippen molar-refractivity contribution in [1.29, 1.82) is 0 Å². The second-order valence-electron chi connectivity index (χ2n) is 2.60. The van der Waals surface area contributed by atoms with E-state index in [0.717, 1.165) is 0 Å². The minimum absolute atomic E-state index is 0.0826. The Hall–Kier alpha value is -0.490. The zero-order valence-electron chi connectivity index (χ0n) is 7.28. The standard InChI is InChI=1S/C7H10Cl2N2O3/c8-5-6(9)10(1-3-12)11(2-4-13)7(5)14/h12-13H,1-4H2. The third-order valence-electron chi connectivity index (χ3n) is 1.74. The van der Waals surface area contributed by atoms with Gasteiger partial charge in [-0.3, -0.25) is 9.48 Å². The van der Waals surface area contributed by atoms with Gasteiger partial charge in [-0.1, -0.05) is 23.2 Å². The molecule has 1 aromatic rings. The molecular formula is C7H10Cl2N2O3. The maximum absolute atomic E-state index is 11.4.